The number of nitrogens with two attached hydrogens (primary N) is 1. The Labute approximate surface area is 390 Å². The molecule has 2 saturated heterocycles. The highest BCUT2D eigenvalue weighted by Crippen LogP contribution is 2.29. The van der Waals surface area contributed by atoms with Crippen LogP contribution >= 0.6 is 0 Å². The maximum atomic E-state index is 14.3. The van der Waals surface area contributed by atoms with E-state index in [1.54, 1.807) is 14.0 Å². The van der Waals surface area contributed by atoms with Crippen molar-refractivity contribution in [1.82, 2.24) is 35.6 Å². The van der Waals surface area contributed by atoms with Crippen molar-refractivity contribution in [3.63, 3.8) is 0 Å². The fourth-order valence-corrected chi connectivity index (χ4v) is 9.13. The Morgan fingerprint density at radius 3 is 1.35 bits per heavy atom. The van der Waals surface area contributed by atoms with Gasteiger partial charge in [-0.1, -0.05) is 126 Å². The number of likely N-dealkylation sites (N-methyl/N-ethyl adjacent to an activating group) is 1. The Bertz CT molecular complexity index is 1960. The average Bonchev–Trinajstić information content (AvgIpc) is 3.95. The van der Waals surface area contributed by atoms with Gasteiger partial charge in [-0.2, -0.15) is 0 Å². The fourth-order valence-electron chi connectivity index (χ4n) is 9.13. The zero-order chi connectivity index (χ0) is 47.3. The SMILES string of the molecule is CN[C@@H](C)C(=O)N[C@H](C(=O)N1CCC[C@H]1CN(CCc1ccccc1)Cc1ccc(CN(CCc2ccccc2)C[C@@H]2CCCN2C(=O)[C@@H](NC(=O)[C@H](C)N)C(C)(C)C)cc1)C(C)(C)C. The van der Waals surface area contributed by atoms with Crippen LogP contribution in [0.15, 0.2) is 84.9 Å². The molecule has 0 aliphatic carbocycles. The van der Waals surface area contributed by atoms with E-state index in [-0.39, 0.29) is 35.7 Å². The molecule has 0 unspecified atom stereocenters. The van der Waals surface area contributed by atoms with Gasteiger partial charge in [-0.15, -0.1) is 0 Å². The first-order valence-corrected chi connectivity index (χ1v) is 24.1. The Morgan fingerprint density at radius 2 is 1.00 bits per heavy atom. The van der Waals surface area contributed by atoms with E-state index in [1.807, 2.05) is 70.4 Å². The first-order valence-electron chi connectivity index (χ1n) is 24.1. The second kappa shape index (κ2) is 23.7. The smallest absolute Gasteiger partial charge is 0.245 e. The van der Waals surface area contributed by atoms with Crippen LogP contribution in [0.25, 0.3) is 0 Å². The minimum absolute atomic E-state index is 0.00654. The number of nitrogens with zero attached hydrogens (tertiary/aromatic N) is 4. The van der Waals surface area contributed by atoms with Crippen molar-refractivity contribution in [2.45, 2.75) is 143 Å². The molecule has 4 amide bonds. The summed E-state index contributed by atoms with van der Waals surface area (Å²) in [6.45, 7) is 21.5. The van der Waals surface area contributed by atoms with Crippen molar-refractivity contribution in [2.24, 2.45) is 16.6 Å². The molecule has 3 aromatic rings. The number of benzene rings is 3. The number of likely N-dealkylation sites (tertiary alicyclic amines) is 2. The van der Waals surface area contributed by atoms with Crippen molar-refractivity contribution in [3.8, 4) is 0 Å². The van der Waals surface area contributed by atoms with Crippen molar-refractivity contribution >= 4 is 23.6 Å². The molecular formula is C53H80N8O4. The fraction of sp³-hybridized carbons (Fsp3) is 0.585. The van der Waals surface area contributed by atoms with Gasteiger partial charge in [0.2, 0.25) is 23.6 Å². The zero-order valence-electron chi connectivity index (χ0n) is 40.9. The summed E-state index contributed by atoms with van der Waals surface area (Å²) in [5.74, 6) is -0.534. The lowest BCUT2D eigenvalue weighted by Crippen LogP contribution is -2.59. The van der Waals surface area contributed by atoms with E-state index >= 15 is 0 Å². The van der Waals surface area contributed by atoms with Crippen LogP contribution in [0.4, 0.5) is 0 Å². The molecule has 0 bridgehead atoms. The van der Waals surface area contributed by atoms with Crippen LogP contribution in [0.2, 0.25) is 0 Å². The van der Waals surface area contributed by atoms with Gasteiger partial charge in [0, 0.05) is 64.4 Å². The van der Waals surface area contributed by atoms with Crippen molar-refractivity contribution in [3.05, 3.63) is 107 Å². The largest absolute Gasteiger partial charge is 0.342 e. The molecule has 0 saturated carbocycles. The summed E-state index contributed by atoms with van der Waals surface area (Å²) >= 11 is 0. The zero-order valence-corrected chi connectivity index (χ0v) is 40.9. The molecule has 0 spiro atoms. The summed E-state index contributed by atoms with van der Waals surface area (Å²) in [7, 11) is 1.75. The first-order chi connectivity index (χ1) is 30.8. The molecule has 0 radical (unpaired) electrons. The minimum Gasteiger partial charge on any atom is -0.342 e. The topological polar surface area (TPSA) is 143 Å². The van der Waals surface area contributed by atoms with E-state index in [2.05, 4.69) is 98.5 Å². The number of carbonyl (C=O) groups is 4. The highest BCUT2D eigenvalue weighted by molar-refractivity contribution is 5.91. The number of rotatable bonds is 21. The lowest BCUT2D eigenvalue weighted by atomic mass is 9.85. The molecule has 2 aliphatic rings. The maximum Gasteiger partial charge on any atom is 0.245 e. The summed E-state index contributed by atoms with van der Waals surface area (Å²) < 4.78 is 0. The van der Waals surface area contributed by atoms with E-state index in [0.717, 1.165) is 77.8 Å². The summed E-state index contributed by atoms with van der Waals surface area (Å²) in [5, 5.41) is 9.05. The van der Waals surface area contributed by atoms with Gasteiger partial charge in [0.15, 0.2) is 0 Å². The molecule has 65 heavy (non-hydrogen) atoms. The van der Waals surface area contributed by atoms with Crippen molar-refractivity contribution in [1.29, 1.82) is 0 Å². The Morgan fingerprint density at radius 1 is 0.615 bits per heavy atom. The monoisotopic (exact) mass is 893 g/mol. The first kappa shape index (κ1) is 51.4. The molecule has 6 atom stereocenters. The number of hydrogen-bond acceptors (Lipinski definition) is 8. The van der Waals surface area contributed by atoms with Crippen LogP contribution in [0.1, 0.15) is 103 Å². The quantitative estimate of drug-likeness (QED) is 0.106. The van der Waals surface area contributed by atoms with Crippen LogP contribution in [0.5, 0.6) is 0 Å². The summed E-state index contributed by atoms with van der Waals surface area (Å²) in [4.78, 5) is 63.4. The Balaban J connectivity index is 1.32. The highest BCUT2D eigenvalue weighted by Gasteiger charge is 2.42. The summed E-state index contributed by atoms with van der Waals surface area (Å²) in [5.41, 5.74) is 9.96. The predicted molar refractivity (Wildman–Crippen MR) is 262 cm³/mol. The lowest BCUT2D eigenvalue weighted by Gasteiger charge is -2.37. The Hall–Kier alpha value is -4.62. The molecule has 5 N–H and O–H groups in total. The van der Waals surface area contributed by atoms with Crippen LogP contribution in [-0.2, 0) is 45.1 Å². The molecule has 2 heterocycles. The van der Waals surface area contributed by atoms with Gasteiger partial charge in [0.25, 0.3) is 0 Å². The van der Waals surface area contributed by atoms with Gasteiger partial charge in [0.05, 0.1) is 12.1 Å². The summed E-state index contributed by atoms with van der Waals surface area (Å²) in [6, 6.07) is 27.8. The van der Waals surface area contributed by atoms with Crippen LogP contribution < -0.4 is 21.7 Å². The maximum absolute atomic E-state index is 14.3. The van der Waals surface area contributed by atoms with Gasteiger partial charge in [0.1, 0.15) is 12.1 Å². The number of hydrogen-bond donors (Lipinski definition) is 4. The molecule has 0 aromatic heterocycles. The van der Waals surface area contributed by atoms with Gasteiger partial charge >= 0.3 is 0 Å². The van der Waals surface area contributed by atoms with E-state index in [9.17, 15) is 19.2 Å². The van der Waals surface area contributed by atoms with E-state index < -0.39 is 35.0 Å². The molecular weight excluding hydrogens is 813 g/mol. The molecule has 12 heteroatoms. The number of carbonyl (C=O) groups excluding carboxylic acids is 4. The second-order valence-electron chi connectivity index (χ2n) is 20.8. The van der Waals surface area contributed by atoms with Gasteiger partial charge in [-0.3, -0.25) is 29.0 Å². The summed E-state index contributed by atoms with van der Waals surface area (Å²) in [6.07, 6.45) is 5.48. The van der Waals surface area contributed by atoms with Crippen molar-refractivity contribution in [2.75, 3.05) is 46.3 Å². The molecule has 2 aliphatic heterocycles. The van der Waals surface area contributed by atoms with E-state index in [0.29, 0.717) is 13.1 Å². The molecule has 3 aromatic carbocycles. The second-order valence-corrected chi connectivity index (χ2v) is 20.8. The number of amides is 4. The van der Waals surface area contributed by atoms with Gasteiger partial charge in [-0.05, 0) is 92.5 Å². The van der Waals surface area contributed by atoms with Gasteiger partial charge < -0.3 is 31.5 Å². The Kier molecular flexibility index (Phi) is 18.7. The third kappa shape index (κ3) is 15.2. The van der Waals surface area contributed by atoms with E-state index in [1.165, 1.54) is 22.3 Å². The van der Waals surface area contributed by atoms with E-state index in [4.69, 9.17) is 5.73 Å². The normalized spacial score (nSPS) is 18.7. The van der Waals surface area contributed by atoms with Gasteiger partial charge in [-0.25, -0.2) is 0 Å². The predicted octanol–water partition coefficient (Wildman–Crippen LogP) is 5.77. The average molecular weight is 893 g/mol. The third-order valence-electron chi connectivity index (χ3n) is 13.3. The van der Waals surface area contributed by atoms with Crippen molar-refractivity contribution < 1.29 is 19.2 Å². The molecule has 356 valence electrons. The third-order valence-corrected chi connectivity index (χ3v) is 13.3. The molecule has 2 fully saturated rings. The van der Waals surface area contributed by atoms with Crippen LogP contribution in [-0.4, -0.2) is 126 Å². The van der Waals surface area contributed by atoms with Crippen LogP contribution in [0.3, 0.4) is 0 Å². The minimum atomic E-state index is -0.701. The van der Waals surface area contributed by atoms with Crippen LogP contribution in [0, 0.1) is 10.8 Å². The highest BCUT2D eigenvalue weighted by atomic mass is 16.2. The number of nitrogens with one attached hydrogen (secondary N) is 3. The molecule has 12 nitrogen and oxygen atoms in total. The molecule has 5 rings (SSSR count). The lowest BCUT2D eigenvalue weighted by molar-refractivity contribution is -0.141. The standard InChI is InChI=1S/C53H80N8O4/c1-38(54)48(62)56-46(52(3,4)5)50(64)60-30-16-22-44(60)36-58(32-28-40-18-12-10-13-19-40)34-42-24-26-43(27-25-42)35-59(33-29-41-20-14-11-15-21-41)37-45-23-17-31-61(45)51(65)47(53(6,7)8)57-49(63)39(2)55-9/h10-15,18-21,24-27,38-39,44-47,55H,16-17,22-23,28-37,54H2,1-9H3,(H,56,62)(H,57,63)/t38-,39-,44-,45-,46+,47+/m0/s1.